The molecule has 0 amide bonds. The van der Waals surface area contributed by atoms with Gasteiger partial charge in [-0.1, -0.05) is 18.7 Å². The van der Waals surface area contributed by atoms with Gasteiger partial charge in [0.2, 0.25) is 0 Å². The van der Waals surface area contributed by atoms with Crippen LogP contribution in [0, 0.1) is 5.82 Å². The lowest BCUT2D eigenvalue weighted by molar-refractivity contribution is 0.0652. The fraction of sp³-hybridized carbons (Fsp3) is 0.273. The number of halogens is 1. The van der Waals surface area contributed by atoms with E-state index in [-0.39, 0.29) is 11.9 Å². The Morgan fingerprint density at radius 1 is 1.57 bits per heavy atom. The molecule has 1 aromatic carbocycles. The van der Waals surface area contributed by atoms with Gasteiger partial charge in [-0.05, 0) is 23.6 Å². The Labute approximate surface area is 82.2 Å². The molecular formula is C11H12FNO. The van der Waals surface area contributed by atoms with Crippen molar-refractivity contribution < 1.29 is 9.13 Å². The van der Waals surface area contributed by atoms with E-state index in [0.717, 1.165) is 5.56 Å². The molecule has 74 valence electrons. The molecule has 0 spiro atoms. The Hall–Kier alpha value is -1.35. The highest BCUT2D eigenvalue weighted by Crippen LogP contribution is 2.31. The molecule has 0 fully saturated rings. The first kappa shape index (κ1) is 9.21. The van der Waals surface area contributed by atoms with Crippen molar-refractivity contribution in [1.82, 2.24) is 0 Å². The van der Waals surface area contributed by atoms with Crippen LogP contribution in [-0.4, -0.2) is 6.61 Å². The zero-order chi connectivity index (χ0) is 10.1. The summed E-state index contributed by atoms with van der Waals surface area (Å²) in [5.41, 5.74) is 7.53. The van der Waals surface area contributed by atoms with Gasteiger partial charge in [0.25, 0.3) is 0 Å². The molecule has 3 heteroatoms. The van der Waals surface area contributed by atoms with Gasteiger partial charge in [-0.3, -0.25) is 0 Å². The van der Waals surface area contributed by atoms with Crippen LogP contribution < -0.4 is 5.73 Å². The molecule has 1 aliphatic heterocycles. The molecule has 1 aliphatic rings. The van der Waals surface area contributed by atoms with Gasteiger partial charge in [0, 0.05) is 5.70 Å². The lowest BCUT2D eigenvalue weighted by Gasteiger charge is -2.26. The summed E-state index contributed by atoms with van der Waals surface area (Å²) in [6.45, 7) is 4.13. The van der Waals surface area contributed by atoms with Crippen LogP contribution in [0.25, 0.3) is 0 Å². The van der Waals surface area contributed by atoms with Crippen molar-refractivity contribution in [1.29, 1.82) is 0 Å². The molecule has 1 heterocycles. The fourth-order valence-corrected chi connectivity index (χ4v) is 1.76. The maximum atomic E-state index is 13.4. The third kappa shape index (κ3) is 1.40. The van der Waals surface area contributed by atoms with Gasteiger partial charge in [0.15, 0.2) is 0 Å². The van der Waals surface area contributed by atoms with Gasteiger partial charge in [-0.2, -0.15) is 0 Å². The highest BCUT2D eigenvalue weighted by atomic mass is 19.1. The predicted molar refractivity (Wildman–Crippen MR) is 52.1 cm³/mol. The largest absolute Gasteiger partial charge is 0.400 e. The summed E-state index contributed by atoms with van der Waals surface area (Å²) in [5, 5.41) is 0. The van der Waals surface area contributed by atoms with E-state index < -0.39 is 0 Å². The molecule has 0 aromatic heterocycles. The van der Waals surface area contributed by atoms with Gasteiger partial charge < -0.3 is 10.5 Å². The average Bonchev–Trinajstić information content (AvgIpc) is 2.17. The number of hydrogen-bond acceptors (Lipinski definition) is 2. The zero-order valence-corrected chi connectivity index (χ0v) is 7.79. The molecule has 2 nitrogen and oxygen atoms in total. The number of rotatable bonds is 1. The fourth-order valence-electron chi connectivity index (χ4n) is 1.76. The number of ether oxygens (including phenoxy) is 1. The van der Waals surface area contributed by atoms with E-state index in [1.807, 2.05) is 6.07 Å². The molecule has 1 atom stereocenters. The second-order valence-electron chi connectivity index (χ2n) is 3.38. The number of fused-ring (bicyclic) bond motifs is 1. The second kappa shape index (κ2) is 3.42. The van der Waals surface area contributed by atoms with Gasteiger partial charge in [0.1, 0.15) is 11.9 Å². The third-order valence-electron chi connectivity index (χ3n) is 2.41. The molecule has 0 radical (unpaired) electrons. The lowest BCUT2D eigenvalue weighted by Crippen LogP contribution is -2.21. The number of nitrogens with two attached hydrogens (primary N) is 1. The Bertz CT molecular complexity index is 376. The summed E-state index contributed by atoms with van der Waals surface area (Å²) >= 11 is 0. The summed E-state index contributed by atoms with van der Waals surface area (Å²) in [7, 11) is 0. The Balaban J connectivity index is 2.49. The zero-order valence-electron chi connectivity index (χ0n) is 7.79. The molecule has 1 aromatic rings. The molecule has 0 saturated carbocycles. The van der Waals surface area contributed by atoms with Gasteiger partial charge in [-0.25, -0.2) is 4.39 Å². The van der Waals surface area contributed by atoms with Crippen LogP contribution in [0.5, 0.6) is 0 Å². The molecule has 0 bridgehead atoms. The summed E-state index contributed by atoms with van der Waals surface area (Å²) in [6, 6.07) is 4.96. The van der Waals surface area contributed by atoms with Crippen molar-refractivity contribution in [3.05, 3.63) is 47.4 Å². The van der Waals surface area contributed by atoms with Crippen molar-refractivity contribution in [3.63, 3.8) is 0 Å². The van der Waals surface area contributed by atoms with E-state index in [4.69, 9.17) is 10.5 Å². The second-order valence-corrected chi connectivity index (χ2v) is 3.38. The minimum absolute atomic E-state index is 0.183. The van der Waals surface area contributed by atoms with Crippen molar-refractivity contribution >= 4 is 0 Å². The van der Waals surface area contributed by atoms with Crippen molar-refractivity contribution in [2.24, 2.45) is 5.73 Å². The first-order valence-electron chi connectivity index (χ1n) is 4.53. The van der Waals surface area contributed by atoms with E-state index in [9.17, 15) is 4.39 Å². The van der Waals surface area contributed by atoms with Gasteiger partial charge in [0.05, 0.1) is 6.61 Å². The topological polar surface area (TPSA) is 35.2 Å². The van der Waals surface area contributed by atoms with Gasteiger partial charge in [-0.15, -0.1) is 0 Å². The van der Waals surface area contributed by atoms with Crippen LogP contribution in [0.2, 0.25) is 0 Å². The highest BCUT2D eigenvalue weighted by molar-refractivity contribution is 5.35. The van der Waals surface area contributed by atoms with Crippen LogP contribution in [-0.2, 0) is 11.2 Å². The van der Waals surface area contributed by atoms with Crippen LogP contribution in [0.1, 0.15) is 17.2 Å². The van der Waals surface area contributed by atoms with E-state index in [1.54, 1.807) is 6.07 Å². The van der Waals surface area contributed by atoms with Gasteiger partial charge >= 0.3 is 0 Å². The number of benzene rings is 1. The Morgan fingerprint density at radius 2 is 2.36 bits per heavy atom. The highest BCUT2D eigenvalue weighted by Gasteiger charge is 2.23. The Morgan fingerprint density at radius 3 is 3.07 bits per heavy atom. The smallest absolute Gasteiger partial charge is 0.126 e. The van der Waals surface area contributed by atoms with E-state index in [0.29, 0.717) is 24.3 Å². The first-order valence-corrected chi connectivity index (χ1v) is 4.53. The SMILES string of the molecule is C=C(N)[C@H]1OCCc2c(F)cccc21. The first-order chi connectivity index (χ1) is 6.70. The molecule has 0 unspecified atom stereocenters. The maximum absolute atomic E-state index is 13.4. The van der Waals surface area contributed by atoms with Crippen LogP contribution >= 0.6 is 0 Å². The molecular weight excluding hydrogens is 181 g/mol. The predicted octanol–water partition coefficient (Wildman–Crippen LogP) is 1.91. The van der Waals surface area contributed by atoms with Crippen LogP contribution in [0.3, 0.4) is 0 Å². The quantitative estimate of drug-likeness (QED) is 0.739. The summed E-state index contributed by atoms with van der Waals surface area (Å²) in [5.74, 6) is -0.183. The third-order valence-corrected chi connectivity index (χ3v) is 2.41. The summed E-state index contributed by atoms with van der Waals surface area (Å²) < 4.78 is 18.8. The van der Waals surface area contributed by atoms with E-state index in [1.165, 1.54) is 6.07 Å². The summed E-state index contributed by atoms with van der Waals surface area (Å²) in [6.07, 6.45) is 0.251. The van der Waals surface area contributed by atoms with E-state index >= 15 is 0 Å². The minimum atomic E-state index is -0.352. The molecule has 0 aliphatic carbocycles. The van der Waals surface area contributed by atoms with Crippen molar-refractivity contribution in [2.45, 2.75) is 12.5 Å². The molecule has 2 N–H and O–H groups in total. The lowest BCUT2D eigenvalue weighted by atomic mass is 9.96. The maximum Gasteiger partial charge on any atom is 0.126 e. The molecule has 14 heavy (non-hydrogen) atoms. The van der Waals surface area contributed by atoms with Crippen LogP contribution in [0.15, 0.2) is 30.5 Å². The van der Waals surface area contributed by atoms with Crippen molar-refractivity contribution in [2.75, 3.05) is 6.61 Å². The Kier molecular flexibility index (Phi) is 2.25. The van der Waals surface area contributed by atoms with Crippen LogP contribution in [0.4, 0.5) is 4.39 Å². The average molecular weight is 193 g/mol. The normalized spacial score (nSPS) is 20.2. The minimum Gasteiger partial charge on any atom is -0.400 e. The van der Waals surface area contributed by atoms with Crippen molar-refractivity contribution in [3.8, 4) is 0 Å². The van der Waals surface area contributed by atoms with E-state index in [2.05, 4.69) is 6.58 Å². The molecule has 0 saturated heterocycles. The monoisotopic (exact) mass is 193 g/mol. The standard InChI is InChI=1S/C11H12FNO/c1-7(13)11-9-3-2-4-10(12)8(9)5-6-14-11/h2-4,11H,1,5-6,13H2/t11-/m1/s1. The molecule has 2 rings (SSSR count). The number of hydrogen-bond donors (Lipinski definition) is 1. The summed E-state index contributed by atoms with van der Waals surface area (Å²) in [4.78, 5) is 0.